The first-order valence-electron chi connectivity index (χ1n) is 10.1. The molecule has 4 rings (SSSR count). The van der Waals surface area contributed by atoms with E-state index in [9.17, 15) is 14.7 Å². The standard InChI is InChI=1S/C20H28N4O3/c1-2-17-21-8-5-15(22-17)12-23-9-6-20(7-10-23)11-16(19(26)27)24(13-20)18(25)14-3-4-14/h5,8,14,16H,2-4,6-7,9-13H2,1H3,(H,26,27)/t16-/m1/s1. The smallest absolute Gasteiger partial charge is 0.326 e. The molecular weight excluding hydrogens is 344 g/mol. The highest BCUT2D eigenvalue weighted by molar-refractivity contribution is 5.87. The lowest BCUT2D eigenvalue weighted by atomic mass is 9.76. The van der Waals surface area contributed by atoms with Crippen LogP contribution in [0.2, 0.25) is 0 Å². The van der Waals surface area contributed by atoms with E-state index in [1.807, 2.05) is 12.3 Å². The monoisotopic (exact) mass is 372 g/mol. The molecule has 0 bridgehead atoms. The Bertz CT molecular complexity index is 726. The highest BCUT2D eigenvalue weighted by atomic mass is 16.4. The lowest BCUT2D eigenvalue weighted by Gasteiger charge is -2.39. The Morgan fingerprint density at radius 2 is 2.04 bits per heavy atom. The van der Waals surface area contributed by atoms with Gasteiger partial charge in [-0.05, 0) is 56.7 Å². The maximum atomic E-state index is 12.6. The zero-order valence-corrected chi connectivity index (χ0v) is 15.9. The molecule has 7 heteroatoms. The number of hydrogen-bond donors (Lipinski definition) is 1. The normalized spacial score (nSPS) is 25.1. The molecule has 0 aromatic carbocycles. The van der Waals surface area contributed by atoms with E-state index in [-0.39, 0.29) is 17.2 Å². The van der Waals surface area contributed by atoms with E-state index in [1.54, 1.807) is 4.90 Å². The first kappa shape index (κ1) is 18.3. The number of nitrogens with zero attached hydrogens (tertiary/aromatic N) is 4. The molecule has 1 spiro atoms. The van der Waals surface area contributed by atoms with Crippen LogP contribution in [0.15, 0.2) is 12.3 Å². The van der Waals surface area contributed by atoms with Crippen molar-refractivity contribution in [1.29, 1.82) is 0 Å². The van der Waals surface area contributed by atoms with Crippen molar-refractivity contribution in [2.45, 2.75) is 58.0 Å². The number of likely N-dealkylation sites (tertiary alicyclic amines) is 2. The van der Waals surface area contributed by atoms with Gasteiger partial charge in [0.1, 0.15) is 11.9 Å². The van der Waals surface area contributed by atoms with Crippen LogP contribution >= 0.6 is 0 Å². The summed E-state index contributed by atoms with van der Waals surface area (Å²) in [5, 5.41) is 9.63. The van der Waals surface area contributed by atoms with Gasteiger partial charge in [0, 0.05) is 31.6 Å². The summed E-state index contributed by atoms with van der Waals surface area (Å²) in [5.74, 6) is 0.161. The van der Waals surface area contributed by atoms with E-state index >= 15 is 0 Å². The van der Waals surface area contributed by atoms with Crippen LogP contribution in [0.5, 0.6) is 0 Å². The van der Waals surface area contributed by atoms with Gasteiger partial charge in [0.2, 0.25) is 5.91 Å². The third-order valence-electron chi connectivity index (χ3n) is 6.38. The third kappa shape index (κ3) is 3.83. The van der Waals surface area contributed by atoms with Gasteiger partial charge in [-0.3, -0.25) is 9.69 Å². The molecule has 3 aliphatic rings. The Balaban J connectivity index is 1.38. The molecule has 1 N–H and O–H groups in total. The van der Waals surface area contributed by atoms with Gasteiger partial charge >= 0.3 is 5.97 Å². The molecule has 1 aromatic heterocycles. The minimum absolute atomic E-state index is 0.0373. The SMILES string of the molecule is CCc1nccc(CN2CCC3(CC2)C[C@H](C(=O)O)N(C(=O)C2CC2)C3)n1. The predicted octanol–water partition coefficient (Wildman–Crippen LogP) is 1.72. The quantitative estimate of drug-likeness (QED) is 0.847. The van der Waals surface area contributed by atoms with Gasteiger partial charge in [0.05, 0.1) is 5.69 Å². The molecule has 1 aliphatic carbocycles. The molecule has 3 fully saturated rings. The van der Waals surface area contributed by atoms with Gasteiger partial charge in [-0.2, -0.15) is 0 Å². The fourth-order valence-electron chi connectivity index (χ4n) is 4.55. The number of aryl methyl sites for hydroxylation is 1. The van der Waals surface area contributed by atoms with Gasteiger partial charge in [-0.25, -0.2) is 14.8 Å². The number of carbonyl (C=O) groups is 2. The fraction of sp³-hybridized carbons (Fsp3) is 0.700. The van der Waals surface area contributed by atoms with Crippen LogP contribution in [0.3, 0.4) is 0 Å². The average molecular weight is 372 g/mol. The molecule has 3 heterocycles. The van der Waals surface area contributed by atoms with Crippen LogP contribution in [-0.2, 0) is 22.6 Å². The van der Waals surface area contributed by atoms with Gasteiger partial charge in [-0.15, -0.1) is 0 Å². The molecule has 0 unspecified atom stereocenters. The molecule has 2 aliphatic heterocycles. The highest BCUT2D eigenvalue weighted by Gasteiger charge is 2.51. The second-order valence-corrected chi connectivity index (χ2v) is 8.39. The number of carboxylic acid groups (broad SMARTS) is 1. The maximum absolute atomic E-state index is 12.6. The zero-order valence-electron chi connectivity index (χ0n) is 15.9. The van der Waals surface area contributed by atoms with E-state index in [1.165, 1.54) is 0 Å². The maximum Gasteiger partial charge on any atom is 0.326 e. The number of rotatable bonds is 5. The molecular formula is C20H28N4O3. The Morgan fingerprint density at radius 3 is 2.67 bits per heavy atom. The Hall–Kier alpha value is -2.02. The molecule has 27 heavy (non-hydrogen) atoms. The predicted molar refractivity (Wildman–Crippen MR) is 98.8 cm³/mol. The minimum atomic E-state index is -0.851. The summed E-state index contributed by atoms with van der Waals surface area (Å²) in [4.78, 5) is 37.2. The Labute approximate surface area is 159 Å². The summed E-state index contributed by atoms with van der Waals surface area (Å²) in [6.45, 7) is 5.31. The van der Waals surface area contributed by atoms with Crippen LogP contribution in [0.1, 0.15) is 50.5 Å². The second-order valence-electron chi connectivity index (χ2n) is 8.39. The van der Waals surface area contributed by atoms with E-state index < -0.39 is 12.0 Å². The van der Waals surface area contributed by atoms with Crippen molar-refractivity contribution in [3.05, 3.63) is 23.8 Å². The van der Waals surface area contributed by atoms with Crippen molar-refractivity contribution in [3.63, 3.8) is 0 Å². The second kappa shape index (κ2) is 7.19. The molecule has 0 radical (unpaired) electrons. The van der Waals surface area contributed by atoms with Crippen LogP contribution < -0.4 is 0 Å². The zero-order chi connectivity index (χ0) is 19.0. The minimum Gasteiger partial charge on any atom is -0.480 e. The molecule has 2 saturated heterocycles. The van der Waals surface area contributed by atoms with E-state index in [0.717, 1.165) is 63.3 Å². The summed E-state index contributed by atoms with van der Waals surface area (Å²) in [7, 11) is 0. The van der Waals surface area contributed by atoms with Crippen molar-refractivity contribution < 1.29 is 14.7 Å². The third-order valence-corrected chi connectivity index (χ3v) is 6.38. The van der Waals surface area contributed by atoms with Crippen LogP contribution in [0.4, 0.5) is 0 Å². The summed E-state index contributed by atoms with van der Waals surface area (Å²) < 4.78 is 0. The summed E-state index contributed by atoms with van der Waals surface area (Å²) >= 11 is 0. The molecule has 146 valence electrons. The fourth-order valence-corrected chi connectivity index (χ4v) is 4.55. The summed E-state index contributed by atoms with van der Waals surface area (Å²) in [5.41, 5.74) is 1.00. The molecule has 1 atom stereocenters. The molecule has 1 amide bonds. The van der Waals surface area contributed by atoms with Crippen molar-refractivity contribution in [2.75, 3.05) is 19.6 Å². The number of aliphatic carboxylic acids is 1. The Morgan fingerprint density at radius 1 is 1.30 bits per heavy atom. The summed E-state index contributed by atoms with van der Waals surface area (Å²) in [6.07, 6.45) is 6.97. The molecule has 7 nitrogen and oxygen atoms in total. The lowest BCUT2D eigenvalue weighted by molar-refractivity contribution is -0.148. The number of piperidine rings is 1. The number of hydrogen-bond acceptors (Lipinski definition) is 5. The van der Waals surface area contributed by atoms with E-state index in [4.69, 9.17) is 0 Å². The van der Waals surface area contributed by atoms with Crippen molar-refractivity contribution >= 4 is 11.9 Å². The average Bonchev–Trinajstić information content (AvgIpc) is 3.45. The number of carboxylic acids is 1. The van der Waals surface area contributed by atoms with Crippen LogP contribution in [0, 0.1) is 11.3 Å². The number of aromatic nitrogens is 2. The van der Waals surface area contributed by atoms with Crippen molar-refractivity contribution in [2.24, 2.45) is 11.3 Å². The lowest BCUT2D eigenvalue weighted by Crippen LogP contribution is -2.43. The summed E-state index contributed by atoms with van der Waals surface area (Å²) in [6, 6.07) is 1.33. The van der Waals surface area contributed by atoms with Crippen LogP contribution in [-0.4, -0.2) is 62.4 Å². The largest absolute Gasteiger partial charge is 0.480 e. The molecule has 1 aromatic rings. The molecule has 1 saturated carbocycles. The van der Waals surface area contributed by atoms with Crippen molar-refractivity contribution in [1.82, 2.24) is 19.8 Å². The number of carbonyl (C=O) groups excluding carboxylic acids is 1. The first-order valence-corrected chi connectivity index (χ1v) is 10.1. The van der Waals surface area contributed by atoms with Crippen LogP contribution in [0.25, 0.3) is 0 Å². The highest BCUT2D eigenvalue weighted by Crippen LogP contribution is 2.45. The van der Waals surface area contributed by atoms with Gasteiger partial charge in [0.15, 0.2) is 0 Å². The first-order chi connectivity index (χ1) is 13.0. The van der Waals surface area contributed by atoms with Gasteiger partial charge in [-0.1, -0.05) is 6.92 Å². The van der Waals surface area contributed by atoms with E-state index in [0.29, 0.717) is 13.0 Å². The topological polar surface area (TPSA) is 86.6 Å². The van der Waals surface area contributed by atoms with Gasteiger partial charge in [0.25, 0.3) is 0 Å². The van der Waals surface area contributed by atoms with Gasteiger partial charge < -0.3 is 10.0 Å². The van der Waals surface area contributed by atoms with E-state index in [2.05, 4.69) is 21.8 Å². The van der Waals surface area contributed by atoms with Crippen molar-refractivity contribution in [3.8, 4) is 0 Å². The number of amides is 1. The Kier molecular flexibility index (Phi) is 4.88.